The van der Waals surface area contributed by atoms with Crippen molar-refractivity contribution in [3.8, 4) is 22.6 Å². The molecule has 3 rings (SSSR count). The Morgan fingerprint density at radius 3 is 2.95 bits per heavy atom. The maximum atomic E-state index is 11.3. The van der Waals surface area contributed by atoms with Crippen LogP contribution < -0.4 is 9.47 Å². The standard InChI is InChI=1S/C15H16N2O4/c1-19-4-2-3-17-8-12(7-16-17)13-6-15-14(20-10-21-15)5-11(13)9-18/h5-9H,2-4,10H2,1H3. The van der Waals surface area contributed by atoms with Gasteiger partial charge in [0.1, 0.15) is 0 Å². The van der Waals surface area contributed by atoms with Crippen LogP contribution in [-0.4, -0.2) is 36.6 Å². The van der Waals surface area contributed by atoms with E-state index in [9.17, 15) is 4.79 Å². The van der Waals surface area contributed by atoms with Gasteiger partial charge in [-0.1, -0.05) is 0 Å². The monoisotopic (exact) mass is 288 g/mol. The summed E-state index contributed by atoms with van der Waals surface area (Å²) in [4.78, 5) is 11.3. The summed E-state index contributed by atoms with van der Waals surface area (Å²) in [6.45, 7) is 1.65. The van der Waals surface area contributed by atoms with Crippen molar-refractivity contribution in [2.24, 2.45) is 0 Å². The van der Waals surface area contributed by atoms with E-state index < -0.39 is 0 Å². The maximum Gasteiger partial charge on any atom is 0.231 e. The molecule has 2 heterocycles. The zero-order valence-electron chi connectivity index (χ0n) is 11.7. The first-order valence-corrected chi connectivity index (χ1v) is 6.72. The van der Waals surface area contributed by atoms with Crippen molar-refractivity contribution in [1.82, 2.24) is 9.78 Å². The summed E-state index contributed by atoms with van der Waals surface area (Å²) >= 11 is 0. The summed E-state index contributed by atoms with van der Waals surface area (Å²) in [6.07, 6.45) is 5.37. The molecule has 0 saturated heterocycles. The molecule has 0 fully saturated rings. The first kappa shape index (κ1) is 13.6. The van der Waals surface area contributed by atoms with Gasteiger partial charge in [-0.15, -0.1) is 0 Å². The lowest BCUT2D eigenvalue weighted by molar-refractivity contribution is 0.112. The number of hydrogen-bond acceptors (Lipinski definition) is 5. The summed E-state index contributed by atoms with van der Waals surface area (Å²) < 4.78 is 17.5. The molecule has 0 bridgehead atoms. The molecule has 1 aromatic carbocycles. The summed E-state index contributed by atoms with van der Waals surface area (Å²) in [5.74, 6) is 1.26. The third-order valence-electron chi connectivity index (χ3n) is 3.35. The van der Waals surface area contributed by atoms with Gasteiger partial charge in [-0.05, 0) is 24.1 Å². The summed E-state index contributed by atoms with van der Waals surface area (Å²) in [6, 6.07) is 3.52. The van der Waals surface area contributed by atoms with E-state index in [2.05, 4.69) is 5.10 Å². The number of benzene rings is 1. The maximum absolute atomic E-state index is 11.3. The van der Waals surface area contributed by atoms with Crippen molar-refractivity contribution >= 4 is 6.29 Å². The summed E-state index contributed by atoms with van der Waals surface area (Å²) in [5, 5.41) is 4.31. The summed E-state index contributed by atoms with van der Waals surface area (Å²) in [7, 11) is 1.68. The lowest BCUT2D eigenvalue weighted by atomic mass is 10.0. The third-order valence-corrected chi connectivity index (χ3v) is 3.35. The highest BCUT2D eigenvalue weighted by Crippen LogP contribution is 2.38. The minimum atomic E-state index is 0.188. The van der Waals surface area contributed by atoms with Crippen molar-refractivity contribution in [2.75, 3.05) is 20.5 Å². The Labute approximate surface area is 122 Å². The Balaban J connectivity index is 1.88. The molecule has 0 amide bonds. The van der Waals surface area contributed by atoms with Gasteiger partial charge in [-0.3, -0.25) is 9.48 Å². The average molecular weight is 288 g/mol. The van der Waals surface area contributed by atoms with Gasteiger partial charge in [0.05, 0.1) is 6.20 Å². The fourth-order valence-corrected chi connectivity index (χ4v) is 2.30. The van der Waals surface area contributed by atoms with E-state index in [-0.39, 0.29) is 6.79 Å². The lowest BCUT2D eigenvalue weighted by Gasteiger charge is -2.04. The van der Waals surface area contributed by atoms with Crippen molar-refractivity contribution in [2.45, 2.75) is 13.0 Å². The molecule has 6 nitrogen and oxygen atoms in total. The van der Waals surface area contributed by atoms with E-state index in [1.165, 1.54) is 0 Å². The van der Waals surface area contributed by atoms with Crippen LogP contribution in [0.15, 0.2) is 24.5 Å². The fraction of sp³-hybridized carbons (Fsp3) is 0.333. The third kappa shape index (κ3) is 2.75. The number of carbonyl (C=O) groups is 1. The number of hydrogen-bond donors (Lipinski definition) is 0. The van der Waals surface area contributed by atoms with Crippen LogP contribution in [0.3, 0.4) is 0 Å². The van der Waals surface area contributed by atoms with E-state index in [4.69, 9.17) is 14.2 Å². The molecule has 0 spiro atoms. The van der Waals surface area contributed by atoms with Crippen molar-refractivity contribution in [1.29, 1.82) is 0 Å². The molecule has 1 aromatic heterocycles. The normalized spacial score (nSPS) is 12.6. The van der Waals surface area contributed by atoms with E-state index in [1.54, 1.807) is 19.4 Å². The molecule has 21 heavy (non-hydrogen) atoms. The lowest BCUT2D eigenvalue weighted by Crippen LogP contribution is -2.01. The highest BCUT2D eigenvalue weighted by atomic mass is 16.7. The molecule has 0 aliphatic carbocycles. The van der Waals surface area contributed by atoms with Gasteiger partial charge < -0.3 is 14.2 Å². The Morgan fingerprint density at radius 2 is 2.19 bits per heavy atom. The Kier molecular flexibility index (Phi) is 3.87. The minimum absolute atomic E-state index is 0.188. The van der Waals surface area contributed by atoms with Gasteiger partial charge in [0.2, 0.25) is 6.79 Å². The molecule has 0 atom stereocenters. The molecule has 0 N–H and O–H groups in total. The van der Waals surface area contributed by atoms with Crippen LogP contribution in [0.5, 0.6) is 11.5 Å². The van der Waals surface area contributed by atoms with E-state index in [1.807, 2.05) is 16.9 Å². The van der Waals surface area contributed by atoms with Crippen molar-refractivity contribution in [3.05, 3.63) is 30.1 Å². The van der Waals surface area contributed by atoms with Crippen LogP contribution >= 0.6 is 0 Å². The number of aldehydes is 1. The molecule has 6 heteroatoms. The average Bonchev–Trinajstić information content (AvgIpc) is 3.14. The first-order chi connectivity index (χ1) is 10.3. The van der Waals surface area contributed by atoms with Crippen molar-refractivity contribution < 1.29 is 19.0 Å². The highest BCUT2D eigenvalue weighted by Gasteiger charge is 2.18. The highest BCUT2D eigenvalue weighted by molar-refractivity contribution is 5.89. The molecule has 1 aliphatic heterocycles. The van der Waals surface area contributed by atoms with Crippen LogP contribution in [0, 0.1) is 0 Å². The Bertz CT molecular complexity index is 651. The first-order valence-electron chi connectivity index (χ1n) is 6.72. The van der Waals surface area contributed by atoms with Gasteiger partial charge in [-0.2, -0.15) is 5.10 Å². The van der Waals surface area contributed by atoms with Gasteiger partial charge in [0.25, 0.3) is 0 Å². The molecule has 0 saturated carbocycles. The molecule has 2 aromatic rings. The van der Waals surface area contributed by atoms with E-state index >= 15 is 0 Å². The molecular formula is C15H16N2O4. The topological polar surface area (TPSA) is 62.6 Å². The van der Waals surface area contributed by atoms with Crippen LogP contribution in [-0.2, 0) is 11.3 Å². The number of aromatic nitrogens is 2. The van der Waals surface area contributed by atoms with E-state index in [0.29, 0.717) is 23.7 Å². The number of methoxy groups -OCH3 is 1. The number of carbonyl (C=O) groups excluding carboxylic acids is 1. The molecular weight excluding hydrogens is 272 g/mol. The van der Waals surface area contributed by atoms with Crippen molar-refractivity contribution in [3.63, 3.8) is 0 Å². The number of fused-ring (bicyclic) bond motifs is 1. The van der Waals surface area contributed by atoms with E-state index in [0.717, 1.165) is 30.4 Å². The second-order valence-corrected chi connectivity index (χ2v) is 4.75. The Hall–Kier alpha value is -2.34. The molecule has 1 aliphatic rings. The molecule has 0 radical (unpaired) electrons. The predicted octanol–water partition coefficient (Wildman–Crippen LogP) is 2.13. The molecule has 110 valence electrons. The zero-order chi connectivity index (χ0) is 14.7. The van der Waals surface area contributed by atoms with Gasteiger partial charge in [-0.25, -0.2) is 0 Å². The second-order valence-electron chi connectivity index (χ2n) is 4.75. The second kappa shape index (κ2) is 5.97. The predicted molar refractivity (Wildman–Crippen MR) is 75.7 cm³/mol. The smallest absolute Gasteiger partial charge is 0.231 e. The number of aryl methyl sites for hydroxylation is 1. The SMILES string of the molecule is COCCCn1cc(-c2cc3c(cc2C=O)OCO3)cn1. The number of ether oxygens (including phenoxy) is 3. The zero-order valence-corrected chi connectivity index (χ0v) is 11.7. The quantitative estimate of drug-likeness (QED) is 0.602. The van der Waals surface area contributed by atoms with Gasteiger partial charge in [0, 0.05) is 37.6 Å². The Morgan fingerprint density at radius 1 is 1.38 bits per heavy atom. The van der Waals surface area contributed by atoms with Crippen LogP contribution in [0.2, 0.25) is 0 Å². The van der Waals surface area contributed by atoms with Gasteiger partial charge >= 0.3 is 0 Å². The minimum Gasteiger partial charge on any atom is -0.454 e. The van der Waals surface area contributed by atoms with Crippen LogP contribution in [0.1, 0.15) is 16.8 Å². The molecule has 0 unspecified atom stereocenters. The largest absolute Gasteiger partial charge is 0.454 e. The number of rotatable bonds is 6. The fourth-order valence-electron chi connectivity index (χ4n) is 2.30. The van der Waals surface area contributed by atoms with Crippen LogP contribution in [0.4, 0.5) is 0 Å². The van der Waals surface area contributed by atoms with Crippen LogP contribution in [0.25, 0.3) is 11.1 Å². The summed E-state index contributed by atoms with van der Waals surface area (Å²) in [5.41, 5.74) is 2.25. The van der Waals surface area contributed by atoms with Gasteiger partial charge in [0.15, 0.2) is 17.8 Å². The number of nitrogens with zero attached hydrogens (tertiary/aromatic N) is 2.